The molecule has 30 heavy (non-hydrogen) atoms. The van der Waals surface area contributed by atoms with E-state index in [-0.39, 0.29) is 16.7 Å². The van der Waals surface area contributed by atoms with Gasteiger partial charge < -0.3 is 9.47 Å². The fraction of sp³-hybridized carbons (Fsp3) is 0.500. The quantitative estimate of drug-likeness (QED) is 0.320. The summed E-state index contributed by atoms with van der Waals surface area (Å²) < 4.78 is 11.7. The second kappa shape index (κ2) is 8.94. The predicted molar refractivity (Wildman–Crippen MR) is 123 cm³/mol. The van der Waals surface area contributed by atoms with E-state index in [0.717, 1.165) is 23.1 Å². The Morgan fingerprint density at radius 2 is 1.63 bits per heavy atom. The van der Waals surface area contributed by atoms with Crippen molar-refractivity contribution < 1.29 is 9.47 Å². The zero-order valence-corrected chi connectivity index (χ0v) is 19.5. The van der Waals surface area contributed by atoms with Crippen LogP contribution in [0.5, 0.6) is 5.75 Å². The molecule has 0 saturated carbocycles. The van der Waals surface area contributed by atoms with Crippen LogP contribution >= 0.6 is 11.6 Å². The maximum atomic E-state index is 6.10. The molecule has 162 valence electrons. The summed E-state index contributed by atoms with van der Waals surface area (Å²) in [5.74, 6) is 0.878. The lowest BCUT2D eigenvalue weighted by molar-refractivity contribution is -0.0588. The van der Waals surface area contributed by atoms with Crippen LogP contribution in [0, 0.1) is 5.41 Å². The van der Waals surface area contributed by atoms with Crippen LogP contribution in [0.4, 0.5) is 0 Å². The molecule has 1 aromatic heterocycles. The van der Waals surface area contributed by atoms with Gasteiger partial charge in [-0.1, -0.05) is 52.8 Å². The maximum absolute atomic E-state index is 6.10. The van der Waals surface area contributed by atoms with Gasteiger partial charge >= 0.3 is 0 Å². The summed E-state index contributed by atoms with van der Waals surface area (Å²) in [7, 11) is 0. The molecular weight excluding hydrogens is 398 g/mol. The number of hydrogen-bond acceptors (Lipinski definition) is 4. The van der Waals surface area contributed by atoms with Crippen LogP contribution in [0.25, 0.3) is 16.7 Å². The molecule has 0 saturated heterocycles. The molecule has 0 aliphatic carbocycles. The van der Waals surface area contributed by atoms with Crippen molar-refractivity contribution in [2.45, 2.75) is 59.7 Å². The second-order valence-electron chi connectivity index (χ2n) is 9.44. The number of halogens is 1. The van der Waals surface area contributed by atoms with E-state index in [1.807, 2.05) is 37.3 Å². The van der Waals surface area contributed by atoms with Crippen molar-refractivity contribution in [1.82, 2.24) is 15.0 Å². The molecule has 3 aromatic rings. The van der Waals surface area contributed by atoms with Crippen LogP contribution in [0.1, 0.15) is 53.5 Å². The van der Waals surface area contributed by atoms with Crippen LogP contribution in [0.3, 0.4) is 0 Å². The third-order valence-corrected chi connectivity index (χ3v) is 5.20. The van der Waals surface area contributed by atoms with Gasteiger partial charge in [-0.05, 0) is 54.0 Å². The van der Waals surface area contributed by atoms with Gasteiger partial charge in [-0.3, -0.25) is 0 Å². The highest BCUT2D eigenvalue weighted by Gasteiger charge is 2.28. The van der Waals surface area contributed by atoms with Crippen molar-refractivity contribution >= 4 is 22.6 Å². The zero-order chi connectivity index (χ0) is 21.9. The van der Waals surface area contributed by atoms with Gasteiger partial charge in [0, 0.05) is 6.61 Å². The van der Waals surface area contributed by atoms with Crippen molar-refractivity contribution in [3.63, 3.8) is 0 Å². The Labute approximate surface area is 184 Å². The third-order valence-electron chi connectivity index (χ3n) is 4.95. The Morgan fingerprint density at radius 1 is 1.00 bits per heavy atom. The number of fused-ring (bicyclic) bond motifs is 1. The molecule has 0 radical (unpaired) electrons. The van der Waals surface area contributed by atoms with Crippen LogP contribution in [0.15, 0.2) is 42.5 Å². The lowest BCUT2D eigenvalue weighted by Crippen LogP contribution is -2.26. The van der Waals surface area contributed by atoms with Crippen LogP contribution < -0.4 is 4.74 Å². The minimum absolute atomic E-state index is 0.0239. The molecule has 0 aliphatic rings. The highest BCUT2D eigenvalue weighted by atomic mass is 35.5. The van der Waals surface area contributed by atoms with Gasteiger partial charge in [-0.25, -0.2) is 0 Å². The summed E-state index contributed by atoms with van der Waals surface area (Å²) in [6.07, 6.45) is 0.506. The van der Waals surface area contributed by atoms with Gasteiger partial charge in [0.15, 0.2) is 0 Å². The number of aromatic nitrogens is 3. The lowest BCUT2D eigenvalue weighted by Gasteiger charge is -2.33. The van der Waals surface area contributed by atoms with E-state index in [1.54, 1.807) is 4.80 Å². The molecule has 1 atom stereocenters. The number of nitrogens with zero attached hydrogens (tertiary/aromatic N) is 3. The number of ether oxygens (including phenoxy) is 2. The van der Waals surface area contributed by atoms with Gasteiger partial charge in [0.25, 0.3) is 0 Å². The van der Waals surface area contributed by atoms with E-state index in [2.05, 4.69) is 56.9 Å². The van der Waals surface area contributed by atoms with Crippen LogP contribution in [0.2, 0.25) is 0 Å². The SMILES string of the molecule is CCOC(CCl)Oc1ccc(C(C)(C)CC(C)(C)C)cc1-n1nc2ccccc2n1. The van der Waals surface area contributed by atoms with E-state index in [1.165, 1.54) is 5.56 Å². The first-order valence-electron chi connectivity index (χ1n) is 10.4. The van der Waals surface area contributed by atoms with E-state index >= 15 is 0 Å². The van der Waals surface area contributed by atoms with Crippen molar-refractivity contribution in [2.24, 2.45) is 5.41 Å². The largest absolute Gasteiger partial charge is 0.461 e. The molecule has 0 amide bonds. The molecule has 0 spiro atoms. The zero-order valence-electron chi connectivity index (χ0n) is 18.8. The minimum atomic E-state index is -0.533. The molecule has 5 nitrogen and oxygen atoms in total. The minimum Gasteiger partial charge on any atom is -0.461 e. The first kappa shape index (κ1) is 22.6. The number of rotatable bonds is 8. The summed E-state index contributed by atoms with van der Waals surface area (Å²) >= 11 is 6.05. The Hall–Kier alpha value is -2.11. The van der Waals surface area contributed by atoms with E-state index in [0.29, 0.717) is 12.4 Å². The Kier molecular flexibility index (Phi) is 6.73. The fourth-order valence-electron chi connectivity index (χ4n) is 4.03. The average Bonchev–Trinajstić information content (AvgIpc) is 3.09. The molecular formula is C24H32ClN3O2. The predicted octanol–water partition coefficient (Wildman–Crippen LogP) is 6.11. The summed E-state index contributed by atoms with van der Waals surface area (Å²) in [6, 6.07) is 14.0. The molecule has 0 bridgehead atoms. The topological polar surface area (TPSA) is 49.2 Å². The number of hydrogen-bond donors (Lipinski definition) is 0. The molecule has 1 heterocycles. The molecule has 0 fully saturated rings. The summed E-state index contributed by atoms with van der Waals surface area (Å²) in [5, 5.41) is 9.34. The van der Waals surface area contributed by atoms with Gasteiger partial charge in [0.2, 0.25) is 6.29 Å². The highest BCUT2D eigenvalue weighted by Crippen LogP contribution is 2.38. The Bertz CT molecular complexity index is 959. The number of alkyl halides is 1. The number of benzene rings is 2. The summed E-state index contributed by atoms with van der Waals surface area (Å²) in [6.45, 7) is 13.8. The van der Waals surface area contributed by atoms with Crippen LogP contribution in [-0.4, -0.2) is 33.8 Å². The van der Waals surface area contributed by atoms with Crippen molar-refractivity contribution in [2.75, 3.05) is 12.5 Å². The standard InChI is InChI=1S/C24H32ClN3O2/c1-7-29-22(15-25)30-21-13-12-17(24(5,6)16-23(2,3)4)14-20(21)28-26-18-10-8-9-11-19(18)27-28/h8-14,22H,7,15-16H2,1-6H3. The monoisotopic (exact) mass is 429 g/mol. The molecule has 0 N–H and O–H groups in total. The lowest BCUT2D eigenvalue weighted by atomic mass is 9.72. The normalized spacial score (nSPS) is 13.6. The van der Waals surface area contributed by atoms with Crippen molar-refractivity contribution in [1.29, 1.82) is 0 Å². The van der Waals surface area contributed by atoms with Crippen molar-refractivity contribution in [3.8, 4) is 11.4 Å². The third kappa shape index (κ3) is 5.32. The fourth-order valence-corrected chi connectivity index (χ4v) is 4.18. The average molecular weight is 430 g/mol. The first-order valence-corrected chi connectivity index (χ1v) is 11.0. The van der Waals surface area contributed by atoms with Gasteiger partial charge in [-0.2, -0.15) is 0 Å². The van der Waals surface area contributed by atoms with Crippen LogP contribution in [-0.2, 0) is 10.2 Å². The maximum Gasteiger partial charge on any atom is 0.213 e. The van der Waals surface area contributed by atoms with E-state index in [9.17, 15) is 0 Å². The molecule has 0 aliphatic heterocycles. The molecule has 1 unspecified atom stereocenters. The van der Waals surface area contributed by atoms with E-state index in [4.69, 9.17) is 21.1 Å². The van der Waals surface area contributed by atoms with Gasteiger partial charge in [-0.15, -0.1) is 26.6 Å². The van der Waals surface area contributed by atoms with Gasteiger partial charge in [0.1, 0.15) is 22.5 Å². The smallest absolute Gasteiger partial charge is 0.213 e. The second-order valence-corrected chi connectivity index (χ2v) is 9.75. The Morgan fingerprint density at radius 3 is 2.17 bits per heavy atom. The highest BCUT2D eigenvalue weighted by molar-refractivity contribution is 6.18. The van der Waals surface area contributed by atoms with Gasteiger partial charge in [0.05, 0.1) is 5.88 Å². The van der Waals surface area contributed by atoms with E-state index < -0.39 is 6.29 Å². The van der Waals surface area contributed by atoms with Crippen molar-refractivity contribution in [3.05, 3.63) is 48.0 Å². The first-order chi connectivity index (χ1) is 14.1. The molecule has 2 aromatic carbocycles. The molecule has 3 rings (SSSR count). The Balaban J connectivity index is 2.08. The molecule has 6 heteroatoms. The summed E-state index contributed by atoms with van der Waals surface area (Å²) in [5.41, 5.74) is 3.84. The summed E-state index contributed by atoms with van der Waals surface area (Å²) in [4.78, 5) is 1.65.